The number of carboxylic acids is 2. The number of likely N-dealkylation sites (tertiary alicyclic amines) is 1. The molecule has 0 spiro atoms. The summed E-state index contributed by atoms with van der Waals surface area (Å²) >= 11 is 5.99. The lowest BCUT2D eigenvalue weighted by Gasteiger charge is -2.34. The number of aromatic nitrogens is 1. The number of piperidine rings is 1. The molecule has 0 amide bonds. The fourth-order valence-electron chi connectivity index (χ4n) is 4.16. The maximum Gasteiger partial charge on any atom is 0.328 e. The molecule has 1 fully saturated rings. The number of rotatable bonds is 9. The largest absolute Gasteiger partial charge is 0.478 e. The highest BCUT2D eigenvalue weighted by atomic mass is 35.5. The molecule has 2 N–H and O–H groups in total. The predicted molar refractivity (Wildman–Crippen MR) is 137 cm³/mol. The molecule has 1 aliphatic heterocycles. The van der Waals surface area contributed by atoms with E-state index < -0.39 is 11.9 Å². The van der Waals surface area contributed by atoms with Crippen LogP contribution in [0.15, 0.2) is 65.2 Å². The summed E-state index contributed by atoms with van der Waals surface area (Å²) in [6, 6.07) is 16.3. The molecular formula is C27H31ClN2O6. The fourth-order valence-corrected chi connectivity index (χ4v) is 4.32. The molecule has 1 aromatic heterocycles. The summed E-state index contributed by atoms with van der Waals surface area (Å²) in [6.07, 6.45) is 4.71. The minimum absolute atomic E-state index is 0.496. The number of halogens is 1. The first-order chi connectivity index (χ1) is 17.3. The Kier molecular flexibility index (Phi) is 10.3. The molecule has 2 heterocycles. The maximum atomic E-state index is 9.55. The third-order valence-corrected chi connectivity index (χ3v) is 6.48. The van der Waals surface area contributed by atoms with E-state index in [1.54, 1.807) is 6.07 Å². The Morgan fingerprint density at radius 1 is 1.14 bits per heavy atom. The van der Waals surface area contributed by atoms with Crippen molar-refractivity contribution in [3.05, 3.63) is 71.3 Å². The monoisotopic (exact) mass is 514 g/mol. The van der Waals surface area contributed by atoms with Crippen molar-refractivity contribution in [2.24, 2.45) is 11.8 Å². The Hall–Kier alpha value is -3.36. The first kappa shape index (κ1) is 27.2. The van der Waals surface area contributed by atoms with E-state index in [0.717, 1.165) is 18.4 Å². The van der Waals surface area contributed by atoms with Crippen LogP contribution in [0.2, 0.25) is 5.02 Å². The summed E-state index contributed by atoms with van der Waals surface area (Å²) in [7, 11) is 0. The first-order valence-corrected chi connectivity index (χ1v) is 12.3. The number of hydrogen-bond donors (Lipinski definition) is 2. The minimum atomic E-state index is -1.26. The highest BCUT2D eigenvalue weighted by Crippen LogP contribution is 2.30. The standard InChI is InChI=1S/C23H27ClN2O2.C4H4O4/c1-17(16-27-23-21-8-7-20(24)15-22(21)28-25-23)19-10-13-26(14-11-19)12-9-18-5-3-2-4-6-18;5-3(6)1-2-4(7)8/h2-8,15,17,19H,9-14,16H2,1H3;1-2H,(H,5,6)(H,7,8)/b;2-1+. The highest BCUT2D eigenvalue weighted by molar-refractivity contribution is 6.31. The summed E-state index contributed by atoms with van der Waals surface area (Å²) < 4.78 is 11.3. The summed E-state index contributed by atoms with van der Waals surface area (Å²) in [4.78, 5) is 21.7. The molecule has 0 bridgehead atoms. The second-order valence-electron chi connectivity index (χ2n) is 8.84. The average Bonchev–Trinajstić information content (AvgIpc) is 3.28. The van der Waals surface area contributed by atoms with Gasteiger partial charge in [0, 0.05) is 29.8 Å². The molecule has 4 rings (SSSR count). The average molecular weight is 515 g/mol. The van der Waals surface area contributed by atoms with Crippen LogP contribution in [-0.2, 0) is 16.0 Å². The summed E-state index contributed by atoms with van der Waals surface area (Å²) in [5.74, 6) is -0.755. The Balaban J connectivity index is 0.000000392. The Morgan fingerprint density at radius 3 is 2.44 bits per heavy atom. The molecule has 3 aromatic rings. The second-order valence-corrected chi connectivity index (χ2v) is 9.28. The van der Waals surface area contributed by atoms with Gasteiger partial charge in [0.05, 0.1) is 12.0 Å². The molecule has 8 nitrogen and oxygen atoms in total. The summed E-state index contributed by atoms with van der Waals surface area (Å²) in [5, 5.41) is 21.2. The molecule has 0 saturated carbocycles. The van der Waals surface area contributed by atoms with Crippen LogP contribution in [0.1, 0.15) is 25.3 Å². The lowest BCUT2D eigenvalue weighted by Crippen LogP contribution is -2.37. The van der Waals surface area contributed by atoms with Gasteiger partial charge in [0.2, 0.25) is 0 Å². The van der Waals surface area contributed by atoms with Crippen LogP contribution in [0, 0.1) is 11.8 Å². The topological polar surface area (TPSA) is 113 Å². The van der Waals surface area contributed by atoms with Crippen LogP contribution < -0.4 is 4.74 Å². The molecule has 1 unspecified atom stereocenters. The molecule has 0 aliphatic carbocycles. The first-order valence-electron chi connectivity index (χ1n) is 11.9. The molecule has 1 saturated heterocycles. The van der Waals surface area contributed by atoms with Gasteiger partial charge in [-0.25, -0.2) is 9.59 Å². The van der Waals surface area contributed by atoms with Crippen LogP contribution in [0.25, 0.3) is 11.0 Å². The van der Waals surface area contributed by atoms with Crippen molar-refractivity contribution in [3.8, 4) is 5.88 Å². The van der Waals surface area contributed by atoms with Crippen molar-refractivity contribution in [1.29, 1.82) is 0 Å². The molecule has 192 valence electrons. The van der Waals surface area contributed by atoms with Crippen LogP contribution in [0.5, 0.6) is 5.88 Å². The van der Waals surface area contributed by atoms with Gasteiger partial charge in [-0.05, 0) is 67.0 Å². The van der Waals surface area contributed by atoms with Crippen molar-refractivity contribution < 1.29 is 29.1 Å². The Labute approximate surface area is 215 Å². The summed E-state index contributed by atoms with van der Waals surface area (Å²) in [6.45, 7) is 6.44. The number of hydrogen-bond acceptors (Lipinski definition) is 6. The molecular weight excluding hydrogens is 484 g/mol. The third kappa shape index (κ3) is 8.70. The Bertz CT molecular complexity index is 1140. The zero-order chi connectivity index (χ0) is 25.9. The number of carbonyl (C=O) groups is 2. The van der Waals surface area contributed by atoms with Crippen molar-refractivity contribution in [2.75, 3.05) is 26.2 Å². The highest BCUT2D eigenvalue weighted by Gasteiger charge is 2.24. The van der Waals surface area contributed by atoms with Crippen LogP contribution in [-0.4, -0.2) is 58.4 Å². The molecule has 1 atom stereocenters. The quantitative estimate of drug-likeness (QED) is 0.376. The maximum absolute atomic E-state index is 9.55. The molecule has 36 heavy (non-hydrogen) atoms. The van der Waals surface area contributed by atoms with Gasteiger partial charge in [-0.2, -0.15) is 0 Å². The van der Waals surface area contributed by atoms with E-state index in [1.165, 1.54) is 31.5 Å². The van der Waals surface area contributed by atoms with E-state index in [0.29, 0.717) is 47.1 Å². The smallest absolute Gasteiger partial charge is 0.328 e. The second kappa shape index (κ2) is 13.7. The van der Waals surface area contributed by atoms with Crippen LogP contribution >= 0.6 is 11.6 Å². The number of benzene rings is 2. The van der Waals surface area contributed by atoms with Gasteiger partial charge >= 0.3 is 11.9 Å². The molecule has 1 aliphatic rings. The van der Waals surface area contributed by atoms with E-state index >= 15 is 0 Å². The van der Waals surface area contributed by atoms with Crippen molar-refractivity contribution in [2.45, 2.75) is 26.2 Å². The zero-order valence-corrected chi connectivity index (χ0v) is 20.9. The van der Waals surface area contributed by atoms with Gasteiger partial charge < -0.3 is 24.4 Å². The minimum Gasteiger partial charge on any atom is -0.478 e. The fraction of sp³-hybridized carbons (Fsp3) is 0.370. The lowest BCUT2D eigenvalue weighted by atomic mass is 9.86. The molecule has 0 radical (unpaired) electrons. The van der Waals surface area contributed by atoms with Crippen molar-refractivity contribution >= 4 is 34.5 Å². The van der Waals surface area contributed by atoms with E-state index in [4.69, 9.17) is 31.1 Å². The Morgan fingerprint density at radius 2 is 1.81 bits per heavy atom. The number of fused-ring (bicyclic) bond motifs is 1. The van der Waals surface area contributed by atoms with Gasteiger partial charge in [-0.15, -0.1) is 0 Å². The van der Waals surface area contributed by atoms with E-state index in [1.807, 2.05) is 12.1 Å². The molecule has 9 heteroatoms. The van der Waals surface area contributed by atoms with Crippen LogP contribution in [0.4, 0.5) is 0 Å². The van der Waals surface area contributed by atoms with Crippen molar-refractivity contribution in [3.63, 3.8) is 0 Å². The SMILES string of the molecule is CC(COc1noc2cc(Cl)ccc12)C1CCN(CCc2ccccc2)CC1.O=C(O)/C=C/C(=O)O. The number of ether oxygens (including phenoxy) is 1. The van der Waals surface area contributed by atoms with E-state index in [9.17, 15) is 9.59 Å². The number of nitrogens with zero attached hydrogens (tertiary/aromatic N) is 2. The van der Waals surface area contributed by atoms with Gasteiger partial charge in [-0.1, -0.05) is 48.9 Å². The van der Waals surface area contributed by atoms with E-state index in [-0.39, 0.29) is 0 Å². The number of carboxylic acid groups (broad SMARTS) is 2. The van der Waals surface area contributed by atoms with Gasteiger partial charge in [0.15, 0.2) is 5.58 Å². The number of aliphatic carboxylic acids is 2. The van der Waals surface area contributed by atoms with Gasteiger partial charge in [0.1, 0.15) is 0 Å². The summed E-state index contributed by atoms with van der Waals surface area (Å²) in [5.41, 5.74) is 2.09. The predicted octanol–water partition coefficient (Wildman–Crippen LogP) is 5.16. The third-order valence-electron chi connectivity index (χ3n) is 6.25. The van der Waals surface area contributed by atoms with Gasteiger partial charge in [-0.3, -0.25) is 0 Å². The van der Waals surface area contributed by atoms with E-state index in [2.05, 4.69) is 47.3 Å². The van der Waals surface area contributed by atoms with Crippen molar-refractivity contribution in [1.82, 2.24) is 10.1 Å². The lowest BCUT2D eigenvalue weighted by molar-refractivity contribution is -0.134. The molecule has 2 aromatic carbocycles. The zero-order valence-electron chi connectivity index (χ0n) is 20.2. The van der Waals surface area contributed by atoms with Crippen LogP contribution in [0.3, 0.4) is 0 Å². The van der Waals surface area contributed by atoms with Gasteiger partial charge in [0.25, 0.3) is 5.88 Å². The normalized spacial score (nSPS) is 15.4.